The summed E-state index contributed by atoms with van der Waals surface area (Å²) in [5.74, 6) is 1.47. The molecule has 1 aromatic heterocycles. The Morgan fingerprint density at radius 2 is 1.72 bits per heavy atom. The summed E-state index contributed by atoms with van der Waals surface area (Å²) in [6.45, 7) is 0. The van der Waals surface area contributed by atoms with E-state index in [2.05, 4.69) is 9.97 Å². The van der Waals surface area contributed by atoms with Gasteiger partial charge in [-0.1, -0.05) is 30.3 Å². The lowest BCUT2D eigenvalue weighted by atomic mass is 10.1. The Morgan fingerprint density at radius 3 is 2.61 bits per heavy atom. The van der Waals surface area contributed by atoms with Crippen molar-refractivity contribution in [1.82, 2.24) is 9.97 Å². The predicted octanol–water partition coefficient (Wildman–Crippen LogP) is 3.31. The van der Waals surface area contributed by atoms with Gasteiger partial charge in [0, 0.05) is 11.6 Å². The van der Waals surface area contributed by atoms with Crippen LogP contribution in [-0.4, -0.2) is 17.1 Å². The monoisotopic (exact) mass is 236 g/mol. The molecule has 18 heavy (non-hydrogen) atoms. The molecule has 0 amide bonds. The first kappa shape index (κ1) is 10.7. The first-order valence-electron chi connectivity index (χ1n) is 5.73. The van der Waals surface area contributed by atoms with Crippen molar-refractivity contribution in [2.24, 2.45) is 0 Å². The number of ether oxygens (including phenoxy) is 1. The van der Waals surface area contributed by atoms with Crippen LogP contribution in [0.5, 0.6) is 5.75 Å². The van der Waals surface area contributed by atoms with Gasteiger partial charge in [-0.25, -0.2) is 9.97 Å². The Balaban J connectivity index is 2.19. The van der Waals surface area contributed by atoms with Gasteiger partial charge >= 0.3 is 0 Å². The number of rotatable bonds is 2. The molecule has 0 saturated heterocycles. The number of methoxy groups -OCH3 is 1. The topological polar surface area (TPSA) is 35.0 Å². The molecule has 0 bridgehead atoms. The van der Waals surface area contributed by atoms with Gasteiger partial charge in [-0.2, -0.15) is 0 Å². The minimum Gasteiger partial charge on any atom is -0.496 e. The Hall–Kier alpha value is -2.42. The number of para-hydroxylation sites is 2. The Labute approximate surface area is 105 Å². The Bertz CT molecular complexity index is 695. The van der Waals surface area contributed by atoms with E-state index >= 15 is 0 Å². The van der Waals surface area contributed by atoms with Crippen molar-refractivity contribution >= 4 is 10.9 Å². The zero-order valence-corrected chi connectivity index (χ0v) is 10.00. The van der Waals surface area contributed by atoms with Crippen LogP contribution in [0.2, 0.25) is 0 Å². The summed E-state index contributed by atoms with van der Waals surface area (Å²) in [6.07, 6.45) is 1.84. The smallest absolute Gasteiger partial charge is 0.163 e. The highest BCUT2D eigenvalue weighted by atomic mass is 16.5. The number of hydrogen-bond donors (Lipinski definition) is 0. The first-order chi connectivity index (χ1) is 8.88. The lowest BCUT2D eigenvalue weighted by Crippen LogP contribution is -1.93. The van der Waals surface area contributed by atoms with Gasteiger partial charge in [0.1, 0.15) is 5.75 Å². The van der Waals surface area contributed by atoms with E-state index in [4.69, 9.17) is 4.74 Å². The van der Waals surface area contributed by atoms with Crippen molar-refractivity contribution < 1.29 is 4.74 Å². The van der Waals surface area contributed by atoms with Crippen molar-refractivity contribution in [1.29, 1.82) is 0 Å². The minimum atomic E-state index is 0.686. The highest BCUT2D eigenvalue weighted by molar-refractivity contribution is 5.80. The molecule has 0 aliphatic rings. The van der Waals surface area contributed by atoms with Crippen molar-refractivity contribution in [2.45, 2.75) is 0 Å². The molecule has 0 radical (unpaired) electrons. The van der Waals surface area contributed by atoms with E-state index in [0.717, 1.165) is 22.2 Å². The van der Waals surface area contributed by atoms with Crippen LogP contribution in [0.4, 0.5) is 0 Å². The highest BCUT2D eigenvalue weighted by Gasteiger charge is 2.08. The van der Waals surface area contributed by atoms with Gasteiger partial charge in [0.2, 0.25) is 0 Å². The van der Waals surface area contributed by atoms with Crippen molar-refractivity contribution in [3.05, 3.63) is 54.7 Å². The molecule has 0 N–H and O–H groups in total. The standard InChI is InChI=1S/C15H12N2O/c1-18-14-9-5-3-7-12(14)15-16-10-11-6-2-4-8-13(11)17-15/h2-10H,1H3. The molecular weight excluding hydrogens is 224 g/mol. The van der Waals surface area contributed by atoms with Gasteiger partial charge in [0.15, 0.2) is 5.82 Å². The zero-order valence-electron chi connectivity index (χ0n) is 10.00. The van der Waals surface area contributed by atoms with Crippen LogP contribution in [0.1, 0.15) is 0 Å². The maximum absolute atomic E-state index is 5.33. The lowest BCUT2D eigenvalue weighted by Gasteiger charge is -2.07. The fourth-order valence-corrected chi connectivity index (χ4v) is 1.93. The van der Waals surface area contributed by atoms with Gasteiger partial charge < -0.3 is 4.74 Å². The quantitative estimate of drug-likeness (QED) is 0.684. The van der Waals surface area contributed by atoms with E-state index < -0.39 is 0 Å². The van der Waals surface area contributed by atoms with Crippen molar-refractivity contribution in [2.75, 3.05) is 7.11 Å². The van der Waals surface area contributed by atoms with Crippen molar-refractivity contribution in [3.8, 4) is 17.1 Å². The number of nitrogens with zero attached hydrogens (tertiary/aromatic N) is 2. The maximum atomic E-state index is 5.33. The molecule has 1 heterocycles. The fourth-order valence-electron chi connectivity index (χ4n) is 1.93. The molecule has 0 atom stereocenters. The van der Waals surface area contributed by atoms with E-state index in [1.807, 2.05) is 54.7 Å². The lowest BCUT2D eigenvalue weighted by molar-refractivity contribution is 0.416. The molecule has 0 saturated carbocycles. The molecule has 0 spiro atoms. The molecule has 0 unspecified atom stereocenters. The molecule has 3 nitrogen and oxygen atoms in total. The minimum absolute atomic E-state index is 0.686. The van der Waals surface area contributed by atoms with E-state index in [1.165, 1.54) is 0 Å². The molecule has 3 heteroatoms. The molecule has 0 aliphatic heterocycles. The SMILES string of the molecule is COc1ccccc1-c1ncc2ccccc2n1. The molecule has 3 rings (SSSR count). The van der Waals surface area contributed by atoms with E-state index in [0.29, 0.717) is 5.82 Å². The maximum Gasteiger partial charge on any atom is 0.163 e. The summed E-state index contributed by atoms with van der Waals surface area (Å²) in [5.41, 5.74) is 1.85. The second-order valence-corrected chi connectivity index (χ2v) is 3.95. The molecule has 88 valence electrons. The summed E-state index contributed by atoms with van der Waals surface area (Å²) in [5, 5.41) is 1.04. The van der Waals surface area contributed by atoms with Crippen LogP contribution in [0, 0.1) is 0 Å². The van der Waals surface area contributed by atoms with Crippen LogP contribution < -0.4 is 4.74 Å². The molecule has 0 fully saturated rings. The molecule has 2 aromatic carbocycles. The molecular formula is C15H12N2O. The van der Waals surface area contributed by atoms with Crippen LogP contribution in [0.15, 0.2) is 54.7 Å². The predicted molar refractivity (Wildman–Crippen MR) is 71.5 cm³/mol. The molecule has 3 aromatic rings. The van der Waals surface area contributed by atoms with Crippen LogP contribution >= 0.6 is 0 Å². The third-order valence-electron chi connectivity index (χ3n) is 2.84. The van der Waals surface area contributed by atoms with Gasteiger partial charge in [-0.15, -0.1) is 0 Å². The fraction of sp³-hybridized carbons (Fsp3) is 0.0667. The summed E-state index contributed by atoms with van der Waals surface area (Å²) >= 11 is 0. The number of benzene rings is 2. The van der Waals surface area contributed by atoms with Crippen LogP contribution in [0.3, 0.4) is 0 Å². The highest BCUT2D eigenvalue weighted by Crippen LogP contribution is 2.27. The number of aromatic nitrogens is 2. The largest absolute Gasteiger partial charge is 0.496 e. The van der Waals surface area contributed by atoms with Crippen molar-refractivity contribution in [3.63, 3.8) is 0 Å². The molecule has 0 aliphatic carbocycles. The summed E-state index contributed by atoms with van der Waals surface area (Å²) in [4.78, 5) is 8.96. The first-order valence-corrected chi connectivity index (χ1v) is 5.73. The van der Waals surface area contributed by atoms with Gasteiger partial charge in [-0.05, 0) is 18.2 Å². The third kappa shape index (κ3) is 1.80. The number of fused-ring (bicyclic) bond motifs is 1. The average molecular weight is 236 g/mol. The summed E-state index contributed by atoms with van der Waals surface area (Å²) < 4.78 is 5.33. The summed E-state index contributed by atoms with van der Waals surface area (Å²) in [7, 11) is 1.65. The van der Waals surface area contributed by atoms with E-state index in [1.54, 1.807) is 7.11 Å². The number of hydrogen-bond acceptors (Lipinski definition) is 3. The second kappa shape index (κ2) is 4.45. The zero-order chi connectivity index (χ0) is 12.4. The van der Waals surface area contributed by atoms with Gasteiger partial charge in [0.25, 0.3) is 0 Å². The Morgan fingerprint density at radius 1 is 0.944 bits per heavy atom. The van der Waals surface area contributed by atoms with E-state index in [9.17, 15) is 0 Å². The van der Waals surface area contributed by atoms with Crippen LogP contribution in [-0.2, 0) is 0 Å². The summed E-state index contributed by atoms with van der Waals surface area (Å²) in [6, 6.07) is 15.7. The normalized spacial score (nSPS) is 10.5. The van der Waals surface area contributed by atoms with Crippen LogP contribution in [0.25, 0.3) is 22.3 Å². The van der Waals surface area contributed by atoms with Gasteiger partial charge in [-0.3, -0.25) is 0 Å². The second-order valence-electron chi connectivity index (χ2n) is 3.95. The van der Waals surface area contributed by atoms with Gasteiger partial charge in [0.05, 0.1) is 18.2 Å². The van der Waals surface area contributed by atoms with E-state index in [-0.39, 0.29) is 0 Å². The average Bonchev–Trinajstić information content (AvgIpc) is 2.46. The Kier molecular flexibility index (Phi) is 2.65. The third-order valence-corrected chi connectivity index (χ3v) is 2.84.